The molecule has 2 saturated heterocycles. The van der Waals surface area contributed by atoms with Crippen molar-refractivity contribution in [2.24, 2.45) is 0 Å². The Labute approximate surface area is 194 Å². The number of nitrogens with zero attached hydrogens (tertiary/aromatic N) is 3. The van der Waals surface area contributed by atoms with Crippen LogP contribution in [0.25, 0.3) is 11.1 Å². The highest BCUT2D eigenvalue weighted by Gasteiger charge is 2.54. The lowest BCUT2D eigenvalue weighted by Crippen LogP contribution is -2.73. The van der Waals surface area contributed by atoms with Crippen LogP contribution in [0.3, 0.4) is 0 Å². The summed E-state index contributed by atoms with van der Waals surface area (Å²) in [5, 5.41) is 12.3. The molecule has 9 heteroatoms. The van der Waals surface area contributed by atoms with Gasteiger partial charge < -0.3 is 20.2 Å². The minimum atomic E-state index is -0.768. The van der Waals surface area contributed by atoms with E-state index in [1.807, 2.05) is 36.4 Å². The summed E-state index contributed by atoms with van der Waals surface area (Å²) in [7, 11) is 0. The maximum atomic E-state index is 14.0. The summed E-state index contributed by atoms with van der Waals surface area (Å²) in [6.45, 7) is -0.194. The third-order valence-electron chi connectivity index (χ3n) is 6.50. The predicted octanol–water partition coefficient (Wildman–Crippen LogP) is 3.23. The number of amides is 3. The predicted molar refractivity (Wildman–Crippen MR) is 121 cm³/mol. The number of pyridine rings is 1. The molecule has 0 saturated carbocycles. The van der Waals surface area contributed by atoms with Gasteiger partial charge in [0.05, 0.1) is 24.4 Å². The second kappa shape index (κ2) is 8.83. The van der Waals surface area contributed by atoms with Gasteiger partial charge in [0, 0.05) is 30.9 Å². The lowest BCUT2D eigenvalue weighted by atomic mass is 9.73. The van der Waals surface area contributed by atoms with Crippen LogP contribution in [-0.4, -0.2) is 63.6 Å². The van der Waals surface area contributed by atoms with E-state index < -0.39 is 17.7 Å². The summed E-state index contributed by atoms with van der Waals surface area (Å²) in [4.78, 5) is 32.6. The SMILES string of the molecule is O=C(Nc1cc(F)ccc1F)N1CC(=O)N2[C@H](CO)[C@@H](c3ccc(-c4cccnc4)cc3)[C@H]2C1. The number of benzene rings is 2. The number of urea groups is 1. The first-order valence-corrected chi connectivity index (χ1v) is 10.9. The Balaban J connectivity index is 1.35. The third-order valence-corrected chi connectivity index (χ3v) is 6.50. The van der Waals surface area contributed by atoms with Crippen molar-refractivity contribution in [2.75, 3.05) is 25.0 Å². The summed E-state index contributed by atoms with van der Waals surface area (Å²) in [6.07, 6.45) is 3.48. The molecule has 3 aromatic rings. The number of carbonyl (C=O) groups excluding carboxylic acids is 2. The zero-order valence-corrected chi connectivity index (χ0v) is 18.1. The summed E-state index contributed by atoms with van der Waals surface area (Å²) in [5.74, 6) is -1.92. The first kappa shape index (κ1) is 22.0. The first-order valence-electron chi connectivity index (χ1n) is 10.9. The topological polar surface area (TPSA) is 85.8 Å². The minimum Gasteiger partial charge on any atom is -0.394 e. The van der Waals surface area contributed by atoms with Crippen molar-refractivity contribution >= 4 is 17.6 Å². The van der Waals surface area contributed by atoms with Crippen LogP contribution in [0.15, 0.2) is 67.0 Å². The van der Waals surface area contributed by atoms with Gasteiger partial charge in [-0.2, -0.15) is 0 Å². The molecule has 3 amide bonds. The summed E-state index contributed by atoms with van der Waals surface area (Å²) < 4.78 is 27.4. The Hall–Kier alpha value is -3.85. The molecule has 2 aliphatic heterocycles. The van der Waals surface area contributed by atoms with Gasteiger partial charge >= 0.3 is 6.03 Å². The second-order valence-corrected chi connectivity index (χ2v) is 8.44. The van der Waals surface area contributed by atoms with Crippen LogP contribution in [0.1, 0.15) is 11.5 Å². The number of aliphatic hydroxyl groups is 1. The Morgan fingerprint density at radius 1 is 1.12 bits per heavy atom. The van der Waals surface area contributed by atoms with Crippen molar-refractivity contribution in [3.8, 4) is 11.1 Å². The number of anilines is 1. The number of aliphatic hydroxyl groups excluding tert-OH is 1. The van der Waals surface area contributed by atoms with Crippen molar-refractivity contribution in [2.45, 2.75) is 18.0 Å². The van der Waals surface area contributed by atoms with E-state index in [1.54, 1.807) is 17.3 Å². The van der Waals surface area contributed by atoms with Crippen LogP contribution in [0.4, 0.5) is 19.3 Å². The van der Waals surface area contributed by atoms with Gasteiger partial charge in [-0.25, -0.2) is 13.6 Å². The van der Waals surface area contributed by atoms with E-state index in [-0.39, 0.29) is 49.3 Å². The molecular weight excluding hydrogens is 442 g/mol. The molecule has 2 aromatic carbocycles. The van der Waals surface area contributed by atoms with E-state index in [1.165, 1.54) is 4.90 Å². The van der Waals surface area contributed by atoms with Crippen LogP contribution in [-0.2, 0) is 4.79 Å². The average Bonchev–Trinajstić information content (AvgIpc) is 2.83. The number of nitrogens with one attached hydrogen (secondary N) is 1. The maximum absolute atomic E-state index is 14.0. The van der Waals surface area contributed by atoms with E-state index in [4.69, 9.17) is 0 Å². The van der Waals surface area contributed by atoms with Crippen molar-refractivity contribution < 1.29 is 23.5 Å². The van der Waals surface area contributed by atoms with Gasteiger partial charge in [0.2, 0.25) is 5.91 Å². The van der Waals surface area contributed by atoms with Gasteiger partial charge in [-0.15, -0.1) is 0 Å². The number of carbonyl (C=O) groups is 2. The maximum Gasteiger partial charge on any atom is 0.322 e. The molecule has 3 heterocycles. The largest absolute Gasteiger partial charge is 0.394 e. The number of hydrogen-bond acceptors (Lipinski definition) is 4. The normalized spacial score (nSPS) is 21.6. The molecule has 174 valence electrons. The first-order chi connectivity index (χ1) is 16.5. The molecule has 0 radical (unpaired) electrons. The standard InChI is InChI=1S/C25H22F2N4O3/c26-18-7-8-19(27)20(10-18)29-25(34)30-12-21-24(22(14-32)31(21)23(33)13-30)16-5-3-15(4-6-16)17-2-1-9-28-11-17/h1-11,21-22,24,32H,12-14H2,(H,29,34)/t21-,22-,24+/m1/s1. The fourth-order valence-corrected chi connectivity index (χ4v) is 4.87. The van der Waals surface area contributed by atoms with Gasteiger partial charge in [0.15, 0.2) is 0 Å². The van der Waals surface area contributed by atoms with Gasteiger partial charge in [-0.1, -0.05) is 30.3 Å². The Morgan fingerprint density at radius 3 is 2.62 bits per heavy atom. The van der Waals surface area contributed by atoms with Crippen molar-refractivity contribution in [3.63, 3.8) is 0 Å². The van der Waals surface area contributed by atoms with Crippen LogP contribution in [0.2, 0.25) is 0 Å². The van der Waals surface area contributed by atoms with Crippen LogP contribution < -0.4 is 5.32 Å². The lowest BCUT2D eigenvalue weighted by Gasteiger charge is -2.58. The second-order valence-electron chi connectivity index (χ2n) is 8.44. The molecule has 2 aliphatic rings. The number of halogens is 2. The number of fused-ring (bicyclic) bond motifs is 1. The fraction of sp³-hybridized carbons (Fsp3) is 0.240. The Morgan fingerprint density at radius 2 is 1.91 bits per heavy atom. The Kier molecular flexibility index (Phi) is 5.70. The molecule has 34 heavy (non-hydrogen) atoms. The zero-order chi connectivity index (χ0) is 23.8. The quantitative estimate of drug-likeness (QED) is 0.621. The van der Waals surface area contributed by atoms with Gasteiger partial charge in [-0.3, -0.25) is 9.78 Å². The zero-order valence-electron chi connectivity index (χ0n) is 18.1. The van der Waals surface area contributed by atoms with Crippen LogP contribution in [0.5, 0.6) is 0 Å². The van der Waals surface area contributed by atoms with E-state index in [0.29, 0.717) is 0 Å². The highest BCUT2D eigenvalue weighted by Crippen LogP contribution is 2.43. The van der Waals surface area contributed by atoms with E-state index in [2.05, 4.69) is 10.3 Å². The van der Waals surface area contributed by atoms with Crippen LogP contribution >= 0.6 is 0 Å². The van der Waals surface area contributed by atoms with Gasteiger partial charge in [-0.05, 0) is 34.9 Å². The molecule has 2 N–H and O–H groups in total. The molecule has 0 aliphatic carbocycles. The van der Waals surface area contributed by atoms with E-state index in [9.17, 15) is 23.5 Å². The van der Waals surface area contributed by atoms with E-state index in [0.717, 1.165) is 34.9 Å². The number of hydrogen-bond donors (Lipinski definition) is 2. The smallest absolute Gasteiger partial charge is 0.322 e. The minimum absolute atomic E-state index is 0.168. The number of aromatic nitrogens is 1. The van der Waals surface area contributed by atoms with Gasteiger partial charge in [0.1, 0.15) is 18.2 Å². The number of piperazine rings is 1. The average molecular weight is 464 g/mol. The number of rotatable bonds is 4. The van der Waals surface area contributed by atoms with Crippen molar-refractivity contribution in [3.05, 3.63) is 84.2 Å². The Bertz CT molecular complexity index is 1220. The van der Waals surface area contributed by atoms with Crippen molar-refractivity contribution in [1.29, 1.82) is 0 Å². The molecule has 1 aromatic heterocycles. The molecular formula is C25H22F2N4O3. The molecule has 3 atom stereocenters. The molecule has 0 bridgehead atoms. The summed E-state index contributed by atoms with van der Waals surface area (Å²) in [5.41, 5.74) is 2.62. The summed E-state index contributed by atoms with van der Waals surface area (Å²) in [6, 6.07) is 13.0. The van der Waals surface area contributed by atoms with Crippen molar-refractivity contribution in [1.82, 2.24) is 14.8 Å². The summed E-state index contributed by atoms with van der Waals surface area (Å²) >= 11 is 0. The lowest BCUT2D eigenvalue weighted by molar-refractivity contribution is -0.159. The fourth-order valence-electron chi connectivity index (χ4n) is 4.87. The van der Waals surface area contributed by atoms with E-state index >= 15 is 0 Å². The van der Waals surface area contributed by atoms with Crippen LogP contribution in [0, 0.1) is 11.6 Å². The highest BCUT2D eigenvalue weighted by molar-refractivity contribution is 5.94. The van der Waals surface area contributed by atoms with Gasteiger partial charge in [0.25, 0.3) is 0 Å². The third kappa shape index (κ3) is 3.88. The highest BCUT2D eigenvalue weighted by atomic mass is 19.1. The molecule has 2 fully saturated rings. The molecule has 0 unspecified atom stereocenters. The monoisotopic (exact) mass is 464 g/mol. The molecule has 5 rings (SSSR count). The molecule has 7 nitrogen and oxygen atoms in total. The molecule has 0 spiro atoms.